The lowest BCUT2D eigenvalue weighted by atomic mass is 9.88. The van der Waals surface area contributed by atoms with Crippen LogP contribution in [0.15, 0.2) is 0 Å². The zero-order valence-corrected chi connectivity index (χ0v) is 10.7. The Bertz CT molecular complexity index is 166. The summed E-state index contributed by atoms with van der Waals surface area (Å²) in [5, 5.41) is 0. The van der Waals surface area contributed by atoms with E-state index in [-0.39, 0.29) is 0 Å². The molecule has 2 fully saturated rings. The Kier molecular flexibility index (Phi) is 5.62. The van der Waals surface area contributed by atoms with Gasteiger partial charge in [0, 0.05) is 7.11 Å². The Balaban J connectivity index is 0.000000167. The van der Waals surface area contributed by atoms with E-state index in [1.165, 1.54) is 25.7 Å². The molecule has 0 amide bonds. The monoisotopic (exact) mass is 214 g/mol. The molecule has 90 valence electrons. The van der Waals surface area contributed by atoms with Crippen LogP contribution in [-0.4, -0.2) is 25.4 Å². The molecule has 0 aromatic carbocycles. The van der Waals surface area contributed by atoms with Crippen molar-refractivity contribution in [1.29, 1.82) is 0 Å². The minimum absolute atomic E-state index is 0.435. The van der Waals surface area contributed by atoms with Gasteiger partial charge in [0.05, 0.1) is 18.3 Å². The van der Waals surface area contributed by atoms with Gasteiger partial charge in [-0.1, -0.05) is 20.3 Å². The van der Waals surface area contributed by atoms with Crippen LogP contribution in [0.3, 0.4) is 0 Å². The molecule has 1 saturated heterocycles. The molecule has 0 radical (unpaired) electrons. The van der Waals surface area contributed by atoms with Crippen LogP contribution in [0.25, 0.3) is 0 Å². The number of rotatable bonds is 3. The van der Waals surface area contributed by atoms with E-state index < -0.39 is 0 Å². The molecule has 2 heteroatoms. The van der Waals surface area contributed by atoms with Crippen LogP contribution in [-0.2, 0) is 9.47 Å². The molecule has 4 unspecified atom stereocenters. The first-order valence-electron chi connectivity index (χ1n) is 6.39. The molecular weight excluding hydrogens is 188 g/mol. The van der Waals surface area contributed by atoms with Gasteiger partial charge in [-0.05, 0) is 38.5 Å². The van der Waals surface area contributed by atoms with Crippen molar-refractivity contribution >= 4 is 0 Å². The Morgan fingerprint density at radius 1 is 1.27 bits per heavy atom. The number of ether oxygens (including phenoxy) is 2. The fourth-order valence-electron chi connectivity index (χ4n) is 2.02. The second kappa shape index (κ2) is 6.49. The second-order valence-electron chi connectivity index (χ2n) is 4.75. The van der Waals surface area contributed by atoms with Crippen molar-refractivity contribution in [1.82, 2.24) is 0 Å². The zero-order valence-electron chi connectivity index (χ0n) is 10.7. The first-order chi connectivity index (χ1) is 7.21. The van der Waals surface area contributed by atoms with Crippen molar-refractivity contribution in [2.45, 2.75) is 71.2 Å². The Morgan fingerprint density at radius 2 is 2.00 bits per heavy atom. The van der Waals surface area contributed by atoms with Gasteiger partial charge in [0.1, 0.15) is 0 Å². The van der Waals surface area contributed by atoms with Gasteiger partial charge in [0.2, 0.25) is 0 Å². The van der Waals surface area contributed by atoms with Crippen molar-refractivity contribution in [3.05, 3.63) is 0 Å². The molecule has 15 heavy (non-hydrogen) atoms. The van der Waals surface area contributed by atoms with E-state index in [2.05, 4.69) is 20.8 Å². The molecule has 0 aromatic heterocycles. The van der Waals surface area contributed by atoms with Gasteiger partial charge in [-0.25, -0.2) is 0 Å². The third-order valence-electron chi connectivity index (χ3n) is 3.67. The predicted molar refractivity (Wildman–Crippen MR) is 63.1 cm³/mol. The van der Waals surface area contributed by atoms with Crippen LogP contribution in [0.2, 0.25) is 0 Å². The largest absolute Gasteiger partial charge is 0.382 e. The van der Waals surface area contributed by atoms with Crippen molar-refractivity contribution in [2.24, 2.45) is 5.92 Å². The van der Waals surface area contributed by atoms with Crippen LogP contribution >= 0.6 is 0 Å². The highest BCUT2D eigenvalue weighted by atomic mass is 16.6. The first-order valence-corrected chi connectivity index (χ1v) is 6.39. The Hall–Kier alpha value is -0.0800. The molecule has 0 spiro atoms. The van der Waals surface area contributed by atoms with Gasteiger partial charge in [-0.2, -0.15) is 0 Å². The Morgan fingerprint density at radius 3 is 2.40 bits per heavy atom. The fraction of sp³-hybridized carbons (Fsp3) is 1.00. The van der Waals surface area contributed by atoms with Gasteiger partial charge in [-0.15, -0.1) is 0 Å². The normalized spacial score (nSPS) is 34.8. The molecule has 0 bridgehead atoms. The summed E-state index contributed by atoms with van der Waals surface area (Å²) >= 11 is 0. The van der Waals surface area contributed by atoms with Crippen LogP contribution in [0.5, 0.6) is 0 Å². The molecule has 2 rings (SSSR count). The minimum atomic E-state index is 0.435. The summed E-state index contributed by atoms with van der Waals surface area (Å²) < 4.78 is 10.3. The highest BCUT2D eigenvalue weighted by Gasteiger charge is 2.43. The molecule has 0 N–H and O–H groups in total. The number of fused-ring (bicyclic) bond motifs is 1. The summed E-state index contributed by atoms with van der Waals surface area (Å²) in [5.41, 5.74) is 0. The SMILES string of the molecule is CCC(C)OC.CCC1CCC2OC2C1. The number of epoxide rings is 1. The molecule has 4 atom stereocenters. The lowest BCUT2D eigenvalue weighted by Gasteiger charge is -2.15. The molecule has 2 aliphatic rings. The maximum atomic E-state index is 5.41. The smallest absolute Gasteiger partial charge is 0.0844 e. The van der Waals surface area contributed by atoms with E-state index >= 15 is 0 Å². The summed E-state index contributed by atoms with van der Waals surface area (Å²) in [5.74, 6) is 0.980. The van der Waals surface area contributed by atoms with E-state index in [1.807, 2.05) is 0 Å². The maximum Gasteiger partial charge on any atom is 0.0844 e. The highest BCUT2D eigenvalue weighted by molar-refractivity contribution is 4.91. The highest BCUT2D eigenvalue weighted by Crippen LogP contribution is 2.40. The molecule has 2 nitrogen and oxygen atoms in total. The van der Waals surface area contributed by atoms with Crippen LogP contribution in [0.4, 0.5) is 0 Å². The van der Waals surface area contributed by atoms with Crippen molar-refractivity contribution in [3.63, 3.8) is 0 Å². The van der Waals surface area contributed by atoms with E-state index in [1.54, 1.807) is 7.11 Å². The third kappa shape index (κ3) is 4.52. The second-order valence-corrected chi connectivity index (χ2v) is 4.75. The molecule has 1 aliphatic heterocycles. The molecule has 1 heterocycles. The van der Waals surface area contributed by atoms with Crippen LogP contribution < -0.4 is 0 Å². The fourth-order valence-corrected chi connectivity index (χ4v) is 2.02. The van der Waals surface area contributed by atoms with Gasteiger partial charge in [-0.3, -0.25) is 0 Å². The minimum Gasteiger partial charge on any atom is -0.382 e. The van der Waals surface area contributed by atoms with E-state index in [0.717, 1.165) is 12.3 Å². The zero-order chi connectivity index (χ0) is 11.3. The number of hydrogen-bond donors (Lipinski definition) is 0. The van der Waals surface area contributed by atoms with Gasteiger partial charge < -0.3 is 9.47 Å². The summed E-state index contributed by atoms with van der Waals surface area (Å²) in [7, 11) is 1.73. The van der Waals surface area contributed by atoms with E-state index in [0.29, 0.717) is 18.3 Å². The average Bonchev–Trinajstić information content (AvgIpc) is 3.06. The summed E-state index contributed by atoms with van der Waals surface area (Å²) in [6.07, 6.45) is 8.37. The maximum absolute atomic E-state index is 5.41. The average molecular weight is 214 g/mol. The quantitative estimate of drug-likeness (QED) is 0.672. The molecule has 0 aromatic rings. The molecule has 1 aliphatic carbocycles. The van der Waals surface area contributed by atoms with Crippen LogP contribution in [0, 0.1) is 5.92 Å². The lowest BCUT2D eigenvalue weighted by molar-refractivity contribution is 0.115. The first kappa shape index (κ1) is 13.0. The van der Waals surface area contributed by atoms with Gasteiger partial charge in [0.15, 0.2) is 0 Å². The van der Waals surface area contributed by atoms with Gasteiger partial charge in [0.25, 0.3) is 0 Å². The summed E-state index contributed by atoms with van der Waals surface area (Å²) in [6, 6.07) is 0. The van der Waals surface area contributed by atoms with Crippen molar-refractivity contribution in [3.8, 4) is 0 Å². The Labute approximate surface area is 94.3 Å². The third-order valence-corrected chi connectivity index (χ3v) is 3.67. The van der Waals surface area contributed by atoms with E-state index in [4.69, 9.17) is 9.47 Å². The lowest BCUT2D eigenvalue weighted by Crippen LogP contribution is -2.11. The van der Waals surface area contributed by atoms with Gasteiger partial charge >= 0.3 is 0 Å². The summed E-state index contributed by atoms with van der Waals surface area (Å²) in [4.78, 5) is 0. The topological polar surface area (TPSA) is 21.8 Å². The van der Waals surface area contributed by atoms with Crippen molar-refractivity contribution < 1.29 is 9.47 Å². The van der Waals surface area contributed by atoms with Crippen LogP contribution in [0.1, 0.15) is 52.9 Å². The number of methoxy groups -OCH3 is 1. The van der Waals surface area contributed by atoms with E-state index in [9.17, 15) is 0 Å². The van der Waals surface area contributed by atoms with Crippen molar-refractivity contribution in [2.75, 3.05) is 7.11 Å². The molecular formula is C13H26O2. The predicted octanol–water partition coefficient (Wildman–Crippen LogP) is 3.40. The molecule has 1 saturated carbocycles. The summed E-state index contributed by atoms with van der Waals surface area (Å²) in [6.45, 7) is 6.45. The number of hydrogen-bond acceptors (Lipinski definition) is 2. The standard InChI is InChI=1S/C8H14O.C5H12O/c1-2-6-3-4-7-8(5-6)9-7;1-4-5(2)6-3/h6-8H,2-5H2,1H3;5H,4H2,1-3H3.